The van der Waals surface area contributed by atoms with Crippen LogP contribution in [0.25, 0.3) is 0 Å². The summed E-state index contributed by atoms with van der Waals surface area (Å²) in [6.07, 6.45) is 0. The highest BCUT2D eigenvalue weighted by molar-refractivity contribution is 5.95. The van der Waals surface area contributed by atoms with Gasteiger partial charge in [0.2, 0.25) is 0 Å². The van der Waals surface area contributed by atoms with Crippen molar-refractivity contribution in [3.63, 3.8) is 0 Å². The first-order valence-electron chi connectivity index (χ1n) is 3.48. The average molecular weight is 167 g/mol. The van der Waals surface area contributed by atoms with Crippen molar-refractivity contribution in [2.24, 2.45) is 11.5 Å². The van der Waals surface area contributed by atoms with Gasteiger partial charge in [0.05, 0.1) is 5.56 Å². The minimum Gasteiger partial charge on any atom is -0.384 e. The molecule has 64 valence electrons. The van der Waals surface area contributed by atoms with Crippen LogP contribution in [-0.2, 0) is 6.54 Å². The van der Waals surface area contributed by atoms with Crippen LogP contribution in [-0.4, -0.2) is 5.84 Å². The van der Waals surface area contributed by atoms with E-state index in [1.165, 1.54) is 12.1 Å². The molecule has 0 unspecified atom stereocenters. The molecule has 0 fully saturated rings. The Morgan fingerprint density at radius 1 is 1.50 bits per heavy atom. The second kappa shape index (κ2) is 3.32. The van der Waals surface area contributed by atoms with Crippen LogP contribution < -0.4 is 11.5 Å². The monoisotopic (exact) mass is 167 g/mol. The van der Waals surface area contributed by atoms with Gasteiger partial charge < -0.3 is 11.5 Å². The van der Waals surface area contributed by atoms with Crippen molar-refractivity contribution in [3.05, 3.63) is 35.1 Å². The molecule has 0 aliphatic heterocycles. The molecule has 0 bridgehead atoms. The number of halogens is 1. The fourth-order valence-electron chi connectivity index (χ4n) is 0.904. The maximum absolute atomic E-state index is 13.0. The smallest absolute Gasteiger partial charge is 0.134 e. The van der Waals surface area contributed by atoms with Crippen molar-refractivity contribution in [2.45, 2.75) is 6.54 Å². The van der Waals surface area contributed by atoms with Gasteiger partial charge in [0.15, 0.2) is 0 Å². The van der Waals surface area contributed by atoms with Gasteiger partial charge in [0.1, 0.15) is 11.7 Å². The number of amidine groups is 1. The lowest BCUT2D eigenvalue weighted by molar-refractivity contribution is 0.622. The molecular formula is C8H10FN3. The van der Waals surface area contributed by atoms with Crippen LogP contribution in [0.3, 0.4) is 0 Å². The van der Waals surface area contributed by atoms with Gasteiger partial charge in [-0.3, -0.25) is 5.41 Å². The highest BCUT2D eigenvalue weighted by atomic mass is 19.1. The highest BCUT2D eigenvalue weighted by Gasteiger charge is 2.04. The van der Waals surface area contributed by atoms with E-state index in [-0.39, 0.29) is 17.9 Å². The summed E-state index contributed by atoms with van der Waals surface area (Å²) < 4.78 is 13.0. The minimum atomic E-state index is -0.495. The van der Waals surface area contributed by atoms with Gasteiger partial charge >= 0.3 is 0 Å². The maximum atomic E-state index is 13.0. The van der Waals surface area contributed by atoms with Gasteiger partial charge in [-0.25, -0.2) is 4.39 Å². The molecule has 0 aliphatic carbocycles. The van der Waals surface area contributed by atoms with Crippen LogP contribution in [0.15, 0.2) is 18.2 Å². The molecule has 1 aromatic rings. The third-order valence-electron chi connectivity index (χ3n) is 1.56. The van der Waals surface area contributed by atoms with Gasteiger partial charge in [0.25, 0.3) is 0 Å². The summed E-state index contributed by atoms with van der Waals surface area (Å²) in [5.41, 5.74) is 11.2. The summed E-state index contributed by atoms with van der Waals surface area (Å²) in [7, 11) is 0. The summed E-state index contributed by atoms with van der Waals surface area (Å²) in [5.74, 6) is -0.762. The molecule has 5 N–H and O–H groups in total. The molecular weight excluding hydrogens is 157 g/mol. The minimum absolute atomic E-state index is 0.118. The van der Waals surface area contributed by atoms with Crippen LogP contribution in [0.4, 0.5) is 4.39 Å². The number of nitrogens with one attached hydrogen (secondary N) is 1. The second-order valence-corrected chi connectivity index (χ2v) is 2.43. The lowest BCUT2D eigenvalue weighted by atomic mass is 10.1. The molecule has 0 saturated heterocycles. The zero-order chi connectivity index (χ0) is 9.14. The van der Waals surface area contributed by atoms with Crippen LogP contribution in [0.5, 0.6) is 0 Å². The SMILES string of the molecule is N=C(N)c1ccc(CN)cc1F. The van der Waals surface area contributed by atoms with E-state index in [1.54, 1.807) is 6.07 Å². The second-order valence-electron chi connectivity index (χ2n) is 2.43. The van der Waals surface area contributed by atoms with Gasteiger partial charge in [0, 0.05) is 6.54 Å². The molecule has 1 rings (SSSR count). The first kappa shape index (κ1) is 8.67. The molecule has 4 heteroatoms. The summed E-state index contributed by atoms with van der Waals surface area (Å²) in [4.78, 5) is 0. The Bertz CT molecular complexity index is 309. The zero-order valence-corrected chi connectivity index (χ0v) is 6.47. The Morgan fingerprint density at radius 3 is 2.58 bits per heavy atom. The molecule has 3 nitrogen and oxygen atoms in total. The summed E-state index contributed by atoms with van der Waals surface area (Å²) in [6.45, 7) is 0.287. The van der Waals surface area contributed by atoms with Crippen LogP contribution in [0.2, 0.25) is 0 Å². The fourth-order valence-corrected chi connectivity index (χ4v) is 0.904. The van der Waals surface area contributed by atoms with Gasteiger partial charge in [-0.1, -0.05) is 6.07 Å². The van der Waals surface area contributed by atoms with E-state index >= 15 is 0 Å². The largest absolute Gasteiger partial charge is 0.384 e. The quantitative estimate of drug-likeness (QED) is 0.445. The van der Waals surface area contributed by atoms with E-state index in [1.807, 2.05) is 0 Å². The number of nitrogens with two attached hydrogens (primary N) is 2. The number of nitrogen functional groups attached to an aromatic ring is 1. The van der Waals surface area contributed by atoms with Crippen molar-refractivity contribution in [3.8, 4) is 0 Å². The summed E-state index contributed by atoms with van der Waals surface area (Å²) in [5, 5.41) is 7.01. The van der Waals surface area contributed by atoms with Gasteiger partial charge in [-0.15, -0.1) is 0 Å². The Hall–Kier alpha value is -1.42. The van der Waals surface area contributed by atoms with E-state index in [0.29, 0.717) is 5.56 Å². The Labute approximate surface area is 69.7 Å². The van der Waals surface area contributed by atoms with Crippen molar-refractivity contribution in [2.75, 3.05) is 0 Å². The Kier molecular flexibility index (Phi) is 2.40. The van der Waals surface area contributed by atoms with Gasteiger partial charge in [-0.05, 0) is 17.7 Å². The molecule has 0 aliphatic rings. The molecule has 0 saturated carbocycles. The third-order valence-corrected chi connectivity index (χ3v) is 1.56. The first-order chi connectivity index (χ1) is 5.65. The molecule has 0 amide bonds. The molecule has 0 heterocycles. The molecule has 0 spiro atoms. The normalized spacial score (nSPS) is 9.83. The number of hydrogen-bond donors (Lipinski definition) is 3. The molecule has 0 radical (unpaired) electrons. The lowest BCUT2D eigenvalue weighted by Gasteiger charge is -2.02. The lowest BCUT2D eigenvalue weighted by Crippen LogP contribution is -2.13. The standard InChI is InChI=1S/C8H10FN3/c9-7-3-5(4-10)1-2-6(7)8(11)12/h1-3H,4,10H2,(H3,11,12). The molecule has 1 aromatic carbocycles. The topological polar surface area (TPSA) is 75.9 Å². The number of hydrogen-bond acceptors (Lipinski definition) is 2. The van der Waals surface area contributed by atoms with Crippen LogP contribution in [0.1, 0.15) is 11.1 Å². The molecule has 0 atom stereocenters. The van der Waals surface area contributed by atoms with Crippen molar-refractivity contribution < 1.29 is 4.39 Å². The predicted octanol–water partition coefficient (Wildman–Crippen LogP) is 0.568. The van der Waals surface area contributed by atoms with E-state index < -0.39 is 5.82 Å². The van der Waals surface area contributed by atoms with Crippen molar-refractivity contribution in [1.82, 2.24) is 0 Å². The van der Waals surface area contributed by atoms with E-state index in [0.717, 1.165) is 0 Å². The Morgan fingerprint density at radius 2 is 2.17 bits per heavy atom. The van der Waals surface area contributed by atoms with Gasteiger partial charge in [-0.2, -0.15) is 0 Å². The summed E-state index contributed by atoms with van der Waals surface area (Å²) in [6, 6.07) is 4.40. The average Bonchev–Trinajstić information content (AvgIpc) is 2.03. The van der Waals surface area contributed by atoms with E-state index in [4.69, 9.17) is 16.9 Å². The van der Waals surface area contributed by atoms with E-state index in [2.05, 4.69) is 0 Å². The first-order valence-corrected chi connectivity index (χ1v) is 3.48. The van der Waals surface area contributed by atoms with Crippen LogP contribution in [0, 0.1) is 11.2 Å². The van der Waals surface area contributed by atoms with E-state index in [9.17, 15) is 4.39 Å². The number of rotatable bonds is 2. The third kappa shape index (κ3) is 1.60. The van der Waals surface area contributed by atoms with Crippen LogP contribution >= 0.6 is 0 Å². The molecule has 0 aromatic heterocycles. The molecule has 12 heavy (non-hydrogen) atoms. The van der Waals surface area contributed by atoms with Crippen molar-refractivity contribution >= 4 is 5.84 Å². The zero-order valence-electron chi connectivity index (χ0n) is 6.47. The predicted molar refractivity (Wildman–Crippen MR) is 45.3 cm³/mol. The number of benzene rings is 1. The Balaban J connectivity index is 3.12. The summed E-state index contributed by atoms with van der Waals surface area (Å²) >= 11 is 0. The van der Waals surface area contributed by atoms with Crippen molar-refractivity contribution in [1.29, 1.82) is 5.41 Å². The maximum Gasteiger partial charge on any atom is 0.134 e. The fraction of sp³-hybridized carbons (Fsp3) is 0.125. The highest BCUT2D eigenvalue weighted by Crippen LogP contribution is 2.08.